The van der Waals surface area contributed by atoms with E-state index < -0.39 is 46.6 Å². The van der Waals surface area contributed by atoms with Crippen LogP contribution in [0.3, 0.4) is 0 Å². The van der Waals surface area contributed by atoms with Gasteiger partial charge in [-0.25, -0.2) is 0 Å². The van der Waals surface area contributed by atoms with Crippen LogP contribution in [0.1, 0.15) is 93.4 Å². The number of carboxylic acids is 1. The molecule has 5 rings (SSSR count). The highest BCUT2D eigenvalue weighted by atomic mass is 16.4. The van der Waals surface area contributed by atoms with E-state index in [9.17, 15) is 30.3 Å². The average Bonchev–Trinajstić information content (AvgIpc) is 2.75. The Hall–Kier alpha value is -0.950. The molecule has 0 aromatic heterocycles. The fraction of sp³-hybridized carbons (Fsp3) is 0.900. The molecule has 36 heavy (non-hydrogen) atoms. The molecule has 0 aromatic carbocycles. The molecule has 0 amide bonds. The van der Waals surface area contributed by atoms with Crippen molar-refractivity contribution in [2.75, 3.05) is 0 Å². The van der Waals surface area contributed by atoms with Gasteiger partial charge in [-0.1, -0.05) is 53.2 Å². The maximum atomic E-state index is 12.9. The van der Waals surface area contributed by atoms with Gasteiger partial charge in [0, 0.05) is 11.8 Å². The van der Waals surface area contributed by atoms with Gasteiger partial charge in [0.15, 0.2) is 0 Å². The normalized spacial score (nSPS) is 58.0. The van der Waals surface area contributed by atoms with Crippen LogP contribution in [-0.4, -0.2) is 55.4 Å². The van der Waals surface area contributed by atoms with Crippen molar-refractivity contribution in [3.8, 4) is 0 Å². The third-order valence-electron chi connectivity index (χ3n) is 13.4. The van der Waals surface area contributed by atoms with Crippen LogP contribution in [0.25, 0.3) is 0 Å². The third kappa shape index (κ3) is 2.91. The van der Waals surface area contributed by atoms with Crippen molar-refractivity contribution >= 4 is 5.97 Å². The number of aliphatic carboxylic acids is 1. The second kappa shape index (κ2) is 7.58. The lowest BCUT2D eigenvalue weighted by molar-refractivity contribution is -0.252. The van der Waals surface area contributed by atoms with Crippen LogP contribution in [0, 0.1) is 50.7 Å². The zero-order chi connectivity index (χ0) is 26.9. The van der Waals surface area contributed by atoms with Crippen molar-refractivity contribution in [3.05, 3.63) is 11.6 Å². The summed E-state index contributed by atoms with van der Waals surface area (Å²) < 4.78 is 0. The summed E-state index contributed by atoms with van der Waals surface area (Å²) in [6.45, 7) is 14.7. The highest BCUT2D eigenvalue weighted by Gasteiger charge is 2.73. The summed E-state index contributed by atoms with van der Waals surface area (Å²) in [5.41, 5.74) is -2.83. The topological polar surface area (TPSA) is 118 Å². The van der Waals surface area contributed by atoms with E-state index in [2.05, 4.69) is 20.8 Å². The van der Waals surface area contributed by atoms with E-state index in [4.69, 9.17) is 0 Å². The minimum Gasteiger partial charge on any atom is -0.481 e. The minimum absolute atomic E-state index is 0.0371. The summed E-state index contributed by atoms with van der Waals surface area (Å²) in [4.78, 5) is 12.9. The van der Waals surface area contributed by atoms with E-state index in [0.717, 1.165) is 18.4 Å². The molecule has 0 unspecified atom stereocenters. The Bertz CT molecular complexity index is 986. The van der Waals surface area contributed by atoms with Gasteiger partial charge in [-0.05, 0) is 85.4 Å². The molecule has 0 aliphatic heterocycles. The Kier molecular flexibility index (Phi) is 5.61. The van der Waals surface area contributed by atoms with Gasteiger partial charge in [0.1, 0.15) is 0 Å². The first-order valence-corrected chi connectivity index (χ1v) is 14.1. The van der Waals surface area contributed by atoms with Crippen molar-refractivity contribution in [1.82, 2.24) is 0 Å². The van der Waals surface area contributed by atoms with Crippen LogP contribution in [0.4, 0.5) is 0 Å². The SMILES string of the molecule is C[C@@H]1CC[C@]2(C(=O)O)CC[C@]3(C)C(=C[C@@H](O)[C@@H]4[C@@]5(C)C[C@@H](O)[C@H](O)C(C)(C)[C@@H]5CC[C@]43C)[C@@H]2[C@]1(C)O. The molecule has 0 bridgehead atoms. The van der Waals surface area contributed by atoms with Crippen LogP contribution >= 0.6 is 0 Å². The fourth-order valence-electron chi connectivity index (χ4n) is 11.1. The number of rotatable bonds is 1. The third-order valence-corrected chi connectivity index (χ3v) is 13.4. The zero-order valence-electron chi connectivity index (χ0n) is 23.2. The molecule has 0 saturated heterocycles. The first-order chi connectivity index (χ1) is 16.4. The fourth-order valence-corrected chi connectivity index (χ4v) is 11.1. The molecule has 0 radical (unpaired) electrons. The van der Waals surface area contributed by atoms with Crippen LogP contribution < -0.4 is 0 Å². The smallest absolute Gasteiger partial charge is 0.310 e. The number of carboxylic acid groups (broad SMARTS) is 1. The number of hydrogen-bond donors (Lipinski definition) is 5. The molecule has 0 heterocycles. The Labute approximate surface area is 216 Å². The largest absolute Gasteiger partial charge is 0.481 e. The summed E-state index contributed by atoms with van der Waals surface area (Å²) in [6, 6.07) is 0. The predicted molar refractivity (Wildman–Crippen MR) is 137 cm³/mol. The molecule has 4 fully saturated rings. The molecule has 12 atom stereocenters. The van der Waals surface area contributed by atoms with E-state index in [1.54, 1.807) is 0 Å². The Morgan fingerprint density at radius 1 is 0.944 bits per heavy atom. The van der Waals surface area contributed by atoms with Gasteiger partial charge in [-0.15, -0.1) is 0 Å². The summed E-state index contributed by atoms with van der Waals surface area (Å²) >= 11 is 0. The quantitative estimate of drug-likeness (QED) is 0.343. The van der Waals surface area contributed by atoms with E-state index in [1.807, 2.05) is 33.8 Å². The summed E-state index contributed by atoms with van der Waals surface area (Å²) in [7, 11) is 0. The first-order valence-electron chi connectivity index (χ1n) is 14.1. The maximum Gasteiger partial charge on any atom is 0.310 e. The van der Waals surface area contributed by atoms with Crippen LogP contribution in [0.2, 0.25) is 0 Å². The van der Waals surface area contributed by atoms with Crippen molar-refractivity contribution < 1.29 is 30.3 Å². The predicted octanol–water partition coefficient (Wildman–Crippen LogP) is 4.15. The van der Waals surface area contributed by atoms with Crippen molar-refractivity contribution in [2.45, 2.75) is 117 Å². The number of hydrogen-bond acceptors (Lipinski definition) is 5. The lowest BCUT2D eigenvalue weighted by Crippen LogP contribution is -2.70. The Morgan fingerprint density at radius 3 is 2.19 bits per heavy atom. The number of aliphatic hydroxyl groups excluding tert-OH is 3. The molecule has 5 aliphatic carbocycles. The highest BCUT2D eigenvalue weighted by molar-refractivity contribution is 5.77. The molecule has 4 saturated carbocycles. The number of fused-ring (bicyclic) bond motifs is 7. The molecule has 5 N–H and O–H groups in total. The van der Waals surface area contributed by atoms with E-state index >= 15 is 0 Å². The molecule has 6 nitrogen and oxygen atoms in total. The zero-order valence-corrected chi connectivity index (χ0v) is 23.2. The van der Waals surface area contributed by atoms with E-state index in [1.165, 1.54) is 0 Å². The highest BCUT2D eigenvalue weighted by Crippen LogP contribution is 2.76. The molecular formula is C30H48O6. The Morgan fingerprint density at radius 2 is 1.58 bits per heavy atom. The molecule has 0 aromatic rings. The van der Waals surface area contributed by atoms with Gasteiger partial charge in [-0.3, -0.25) is 4.79 Å². The van der Waals surface area contributed by atoms with Gasteiger partial charge in [0.05, 0.1) is 29.3 Å². The molecule has 6 heteroatoms. The van der Waals surface area contributed by atoms with E-state index in [-0.39, 0.29) is 34.0 Å². The van der Waals surface area contributed by atoms with Crippen molar-refractivity contribution in [1.29, 1.82) is 0 Å². The average molecular weight is 505 g/mol. The number of aliphatic hydroxyl groups is 4. The molecule has 5 aliphatic rings. The summed E-state index contributed by atoms with van der Waals surface area (Å²) in [6.07, 6.45) is 4.12. The summed E-state index contributed by atoms with van der Waals surface area (Å²) in [5, 5.41) is 56.3. The molecule has 204 valence electrons. The minimum atomic E-state index is -1.18. The monoisotopic (exact) mass is 504 g/mol. The Balaban J connectivity index is 1.69. The second-order valence-electron chi connectivity index (χ2n) is 15.0. The lowest BCUT2D eigenvalue weighted by Gasteiger charge is -2.72. The van der Waals surface area contributed by atoms with Crippen molar-refractivity contribution in [2.24, 2.45) is 50.7 Å². The first kappa shape index (κ1) is 26.6. The van der Waals surface area contributed by atoms with Crippen LogP contribution in [-0.2, 0) is 4.79 Å². The standard InChI is InChI=1S/C30H48O6/c1-16-8-11-30(24(34)35)13-12-27(5)17(21(30)29(16,7)36)14-18(31)22-26(4)15-19(32)23(33)25(2,3)20(26)9-10-28(22,27)6/h14,16,18-23,31-33,36H,8-13,15H2,1-7H3,(H,34,35)/t16-,18-,19-,20+,21-,22-,23+,26+,27-,28-,29-,30+/m1/s1. The maximum absolute atomic E-state index is 12.9. The summed E-state index contributed by atoms with van der Waals surface area (Å²) in [5.74, 6) is -1.40. The second-order valence-corrected chi connectivity index (χ2v) is 15.0. The van der Waals surface area contributed by atoms with Crippen molar-refractivity contribution in [3.63, 3.8) is 0 Å². The van der Waals surface area contributed by atoms with E-state index in [0.29, 0.717) is 32.1 Å². The van der Waals surface area contributed by atoms with Gasteiger partial charge in [0.25, 0.3) is 0 Å². The molecular weight excluding hydrogens is 456 g/mol. The number of carbonyl (C=O) groups is 1. The van der Waals surface area contributed by atoms with Gasteiger partial charge in [-0.2, -0.15) is 0 Å². The van der Waals surface area contributed by atoms with Crippen LogP contribution in [0.15, 0.2) is 11.6 Å². The van der Waals surface area contributed by atoms with Gasteiger partial charge in [0.2, 0.25) is 0 Å². The lowest BCUT2D eigenvalue weighted by atomic mass is 9.32. The molecule has 0 spiro atoms. The van der Waals surface area contributed by atoms with Gasteiger partial charge < -0.3 is 25.5 Å². The van der Waals surface area contributed by atoms with Crippen LogP contribution in [0.5, 0.6) is 0 Å². The van der Waals surface area contributed by atoms with Gasteiger partial charge >= 0.3 is 5.97 Å².